The van der Waals surface area contributed by atoms with Crippen molar-refractivity contribution in [2.75, 3.05) is 19.6 Å². The van der Waals surface area contributed by atoms with Gasteiger partial charge in [-0.1, -0.05) is 18.2 Å². The van der Waals surface area contributed by atoms with Gasteiger partial charge in [0.1, 0.15) is 11.4 Å². The summed E-state index contributed by atoms with van der Waals surface area (Å²) in [5, 5.41) is 11.8. The first kappa shape index (κ1) is 21.0. The van der Waals surface area contributed by atoms with Crippen molar-refractivity contribution in [3.63, 3.8) is 0 Å². The number of carboxylic acid groups (broad SMARTS) is 1. The summed E-state index contributed by atoms with van der Waals surface area (Å²) in [6.07, 6.45) is 1.03. The van der Waals surface area contributed by atoms with Crippen LogP contribution in [0.2, 0.25) is 0 Å². The standard InChI is InChI=1S/C21H29N3O5/c1-15(2)22-20(28)24-13-16-5-3-4-6-17(16)29-21(14-24)9-11-23(12-10-21)18(25)7-8-19(26)27/h3-6,15H,7-14H2,1-2H3,(H,22,28)(H,26,27). The van der Waals surface area contributed by atoms with Crippen LogP contribution in [0.3, 0.4) is 0 Å². The summed E-state index contributed by atoms with van der Waals surface area (Å²) in [6.45, 7) is 5.74. The summed E-state index contributed by atoms with van der Waals surface area (Å²) < 4.78 is 6.44. The molecule has 29 heavy (non-hydrogen) atoms. The van der Waals surface area contributed by atoms with E-state index in [1.807, 2.05) is 38.1 Å². The zero-order valence-corrected chi connectivity index (χ0v) is 17.0. The van der Waals surface area contributed by atoms with Crippen LogP contribution in [0.25, 0.3) is 0 Å². The number of amides is 3. The summed E-state index contributed by atoms with van der Waals surface area (Å²) in [6, 6.07) is 7.65. The Labute approximate surface area is 170 Å². The lowest BCUT2D eigenvalue weighted by molar-refractivity contribution is -0.142. The Morgan fingerprint density at radius 3 is 2.48 bits per heavy atom. The number of benzene rings is 1. The lowest BCUT2D eigenvalue weighted by atomic mass is 9.90. The number of ether oxygens (including phenoxy) is 1. The highest BCUT2D eigenvalue weighted by Crippen LogP contribution is 2.35. The molecular formula is C21H29N3O5. The van der Waals surface area contributed by atoms with E-state index in [-0.39, 0.29) is 30.8 Å². The highest BCUT2D eigenvalue weighted by atomic mass is 16.5. The monoisotopic (exact) mass is 403 g/mol. The van der Waals surface area contributed by atoms with Gasteiger partial charge in [0.25, 0.3) is 0 Å². The highest BCUT2D eigenvalue weighted by molar-refractivity contribution is 5.80. The van der Waals surface area contributed by atoms with Crippen molar-refractivity contribution < 1.29 is 24.2 Å². The third kappa shape index (κ3) is 5.19. The Balaban J connectivity index is 1.75. The Morgan fingerprint density at radius 2 is 1.83 bits per heavy atom. The lowest BCUT2D eigenvalue weighted by Gasteiger charge is -2.42. The first-order chi connectivity index (χ1) is 13.8. The van der Waals surface area contributed by atoms with Gasteiger partial charge in [0.15, 0.2) is 0 Å². The third-order valence-corrected chi connectivity index (χ3v) is 5.42. The molecule has 0 unspecified atom stereocenters. The smallest absolute Gasteiger partial charge is 0.318 e. The molecule has 8 nitrogen and oxygen atoms in total. The summed E-state index contributed by atoms with van der Waals surface area (Å²) in [7, 11) is 0. The molecule has 0 aliphatic carbocycles. The minimum Gasteiger partial charge on any atom is -0.485 e. The van der Waals surface area contributed by atoms with Gasteiger partial charge in [-0.05, 0) is 19.9 Å². The topological polar surface area (TPSA) is 99.2 Å². The molecule has 0 atom stereocenters. The molecule has 0 bridgehead atoms. The number of likely N-dealkylation sites (tertiary alicyclic amines) is 1. The van der Waals surface area contributed by atoms with Gasteiger partial charge in [-0.15, -0.1) is 0 Å². The molecule has 2 heterocycles. The molecule has 3 rings (SSSR count). The van der Waals surface area contributed by atoms with E-state index < -0.39 is 11.6 Å². The fraction of sp³-hybridized carbons (Fsp3) is 0.571. The van der Waals surface area contributed by atoms with Gasteiger partial charge in [0.2, 0.25) is 5.91 Å². The number of carbonyl (C=O) groups is 3. The molecule has 1 aromatic carbocycles. The van der Waals surface area contributed by atoms with Crippen molar-refractivity contribution in [1.29, 1.82) is 0 Å². The summed E-state index contributed by atoms with van der Waals surface area (Å²) in [5.74, 6) is -0.342. The van der Waals surface area contributed by atoms with Gasteiger partial charge >= 0.3 is 12.0 Å². The van der Waals surface area contributed by atoms with E-state index in [1.54, 1.807) is 9.80 Å². The molecule has 3 amide bonds. The molecule has 1 aromatic rings. The quantitative estimate of drug-likeness (QED) is 0.803. The van der Waals surface area contributed by atoms with Crippen molar-refractivity contribution in [1.82, 2.24) is 15.1 Å². The Bertz CT molecular complexity index is 771. The first-order valence-electron chi connectivity index (χ1n) is 10.1. The van der Waals surface area contributed by atoms with Gasteiger partial charge in [-0.25, -0.2) is 4.79 Å². The second kappa shape index (κ2) is 8.71. The highest BCUT2D eigenvalue weighted by Gasteiger charge is 2.42. The second-order valence-electron chi connectivity index (χ2n) is 8.13. The van der Waals surface area contributed by atoms with Crippen molar-refractivity contribution in [3.05, 3.63) is 29.8 Å². The maximum atomic E-state index is 12.8. The molecule has 0 saturated carbocycles. The number of fused-ring (bicyclic) bond motifs is 1. The maximum absolute atomic E-state index is 12.8. The van der Waals surface area contributed by atoms with E-state index in [4.69, 9.17) is 9.84 Å². The summed E-state index contributed by atoms with van der Waals surface area (Å²) >= 11 is 0. The largest absolute Gasteiger partial charge is 0.485 e. The number of carboxylic acids is 1. The van der Waals surface area contributed by atoms with Crippen molar-refractivity contribution in [2.24, 2.45) is 0 Å². The fourth-order valence-corrected chi connectivity index (χ4v) is 3.89. The molecule has 1 saturated heterocycles. The van der Waals surface area contributed by atoms with E-state index in [9.17, 15) is 14.4 Å². The number of carbonyl (C=O) groups excluding carboxylic acids is 2. The molecule has 2 N–H and O–H groups in total. The Hall–Kier alpha value is -2.77. The van der Waals surface area contributed by atoms with E-state index >= 15 is 0 Å². The van der Waals surface area contributed by atoms with Gasteiger partial charge < -0.3 is 25.0 Å². The fourth-order valence-electron chi connectivity index (χ4n) is 3.89. The molecule has 1 spiro atoms. The zero-order chi connectivity index (χ0) is 21.0. The van der Waals surface area contributed by atoms with Crippen molar-refractivity contribution >= 4 is 17.9 Å². The minimum atomic E-state index is -0.970. The van der Waals surface area contributed by atoms with E-state index in [2.05, 4.69) is 5.32 Å². The molecule has 1 fully saturated rings. The van der Waals surface area contributed by atoms with Crippen LogP contribution in [0.1, 0.15) is 45.1 Å². The van der Waals surface area contributed by atoms with Crippen LogP contribution in [0.4, 0.5) is 4.79 Å². The summed E-state index contributed by atoms with van der Waals surface area (Å²) in [5.41, 5.74) is 0.396. The Kier molecular flexibility index (Phi) is 6.30. The van der Waals surface area contributed by atoms with Crippen molar-refractivity contribution in [3.8, 4) is 5.75 Å². The number of hydrogen-bond acceptors (Lipinski definition) is 4. The maximum Gasteiger partial charge on any atom is 0.318 e. The lowest BCUT2D eigenvalue weighted by Crippen LogP contribution is -2.56. The average molecular weight is 403 g/mol. The molecule has 2 aliphatic rings. The average Bonchev–Trinajstić information content (AvgIpc) is 2.83. The number of urea groups is 1. The van der Waals surface area contributed by atoms with Gasteiger partial charge in [-0.2, -0.15) is 0 Å². The van der Waals surface area contributed by atoms with Gasteiger partial charge in [0, 0.05) is 44.0 Å². The SMILES string of the molecule is CC(C)NC(=O)N1Cc2ccccc2OC2(CCN(C(=O)CCC(=O)O)CC2)C1. The first-order valence-corrected chi connectivity index (χ1v) is 10.1. The minimum absolute atomic E-state index is 0.00887. The van der Waals surface area contributed by atoms with Gasteiger partial charge in [0.05, 0.1) is 19.5 Å². The van der Waals surface area contributed by atoms with Crippen LogP contribution < -0.4 is 10.1 Å². The third-order valence-electron chi connectivity index (χ3n) is 5.42. The zero-order valence-electron chi connectivity index (χ0n) is 17.0. The van der Waals surface area contributed by atoms with Crippen LogP contribution in [0.15, 0.2) is 24.3 Å². The number of para-hydroxylation sites is 1. The van der Waals surface area contributed by atoms with Crippen LogP contribution in [0.5, 0.6) is 5.75 Å². The van der Waals surface area contributed by atoms with Crippen LogP contribution in [0, 0.1) is 0 Å². The molecular weight excluding hydrogens is 374 g/mol. The number of aliphatic carboxylic acids is 1. The number of piperidine rings is 1. The van der Waals surface area contributed by atoms with E-state index in [0.717, 1.165) is 11.3 Å². The van der Waals surface area contributed by atoms with Crippen LogP contribution >= 0.6 is 0 Å². The number of nitrogens with zero attached hydrogens (tertiary/aromatic N) is 2. The predicted octanol–water partition coefficient (Wildman–Crippen LogP) is 2.22. The predicted molar refractivity (Wildman–Crippen MR) is 107 cm³/mol. The van der Waals surface area contributed by atoms with E-state index in [0.29, 0.717) is 39.0 Å². The second-order valence-corrected chi connectivity index (χ2v) is 8.13. The molecule has 0 radical (unpaired) electrons. The molecule has 2 aliphatic heterocycles. The van der Waals surface area contributed by atoms with Gasteiger partial charge in [-0.3, -0.25) is 9.59 Å². The molecule has 8 heteroatoms. The van der Waals surface area contributed by atoms with Crippen LogP contribution in [-0.4, -0.2) is 64.1 Å². The van der Waals surface area contributed by atoms with E-state index in [1.165, 1.54) is 0 Å². The summed E-state index contributed by atoms with van der Waals surface area (Å²) in [4.78, 5) is 39.3. The number of nitrogens with one attached hydrogen (secondary N) is 1. The number of rotatable bonds is 4. The number of hydrogen-bond donors (Lipinski definition) is 2. The normalized spacial score (nSPS) is 18.0. The van der Waals surface area contributed by atoms with Crippen LogP contribution in [-0.2, 0) is 16.1 Å². The molecule has 158 valence electrons. The molecule has 0 aromatic heterocycles. The van der Waals surface area contributed by atoms with Crippen molar-refractivity contribution in [2.45, 2.75) is 57.7 Å². The Morgan fingerprint density at radius 1 is 1.14 bits per heavy atom.